The number of hydrogen-bond acceptors (Lipinski definition) is 3. The first-order chi connectivity index (χ1) is 7.43. The number of rotatable bonds is 3. The van der Waals surface area contributed by atoms with Crippen LogP contribution in [0.25, 0.3) is 0 Å². The van der Waals surface area contributed by atoms with E-state index in [9.17, 15) is 4.79 Å². The summed E-state index contributed by atoms with van der Waals surface area (Å²) in [6.45, 7) is 10.6. The zero-order chi connectivity index (χ0) is 11.9. The lowest BCUT2D eigenvalue weighted by molar-refractivity contribution is -0.122. The Morgan fingerprint density at radius 1 is 1.56 bits per heavy atom. The summed E-state index contributed by atoms with van der Waals surface area (Å²) in [5.41, 5.74) is 5.53. The van der Waals surface area contributed by atoms with Gasteiger partial charge in [0.05, 0.1) is 0 Å². The van der Waals surface area contributed by atoms with Crippen LogP contribution < -0.4 is 11.1 Å². The molecular weight excluding hydrogens is 202 g/mol. The largest absolute Gasteiger partial charge is 0.369 e. The third-order valence-corrected chi connectivity index (χ3v) is 4.50. The third-order valence-electron chi connectivity index (χ3n) is 4.50. The molecule has 3 atom stereocenters. The van der Waals surface area contributed by atoms with E-state index in [2.05, 4.69) is 24.1 Å². The Morgan fingerprint density at radius 2 is 2.25 bits per heavy atom. The fourth-order valence-electron chi connectivity index (χ4n) is 3.23. The lowest BCUT2D eigenvalue weighted by atomic mass is 9.84. The molecule has 4 nitrogen and oxygen atoms in total. The summed E-state index contributed by atoms with van der Waals surface area (Å²) in [5, 5.41) is 3.46. The van der Waals surface area contributed by atoms with E-state index in [4.69, 9.17) is 5.73 Å². The molecule has 0 radical (unpaired) electrons. The van der Waals surface area contributed by atoms with Crippen LogP contribution in [0.5, 0.6) is 0 Å². The van der Waals surface area contributed by atoms with Crippen molar-refractivity contribution >= 4 is 5.91 Å². The highest BCUT2D eigenvalue weighted by Gasteiger charge is 2.49. The highest BCUT2D eigenvalue weighted by atomic mass is 16.1. The summed E-state index contributed by atoms with van der Waals surface area (Å²) >= 11 is 0. The Hall–Kier alpha value is -0.610. The van der Waals surface area contributed by atoms with Gasteiger partial charge in [0, 0.05) is 31.1 Å². The topological polar surface area (TPSA) is 58.4 Å². The molecule has 0 aliphatic carbocycles. The van der Waals surface area contributed by atoms with Gasteiger partial charge in [-0.2, -0.15) is 0 Å². The molecule has 2 aliphatic heterocycles. The van der Waals surface area contributed by atoms with Gasteiger partial charge in [-0.3, -0.25) is 9.69 Å². The van der Waals surface area contributed by atoms with Gasteiger partial charge in [-0.05, 0) is 32.2 Å². The highest BCUT2D eigenvalue weighted by Crippen LogP contribution is 2.40. The van der Waals surface area contributed by atoms with Gasteiger partial charge in [0.2, 0.25) is 5.91 Å². The number of fused-ring (bicyclic) bond motifs is 1. The van der Waals surface area contributed by atoms with Crippen LogP contribution in [0.15, 0.2) is 0 Å². The Labute approximate surface area is 97.6 Å². The second-order valence-corrected chi connectivity index (χ2v) is 5.89. The van der Waals surface area contributed by atoms with Crippen LogP contribution in [-0.2, 0) is 4.79 Å². The van der Waals surface area contributed by atoms with Gasteiger partial charge in [0.25, 0.3) is 0 Å². The van der Waals surface area contributed by atoms with Crippen molar-refractivity contribution in [1.82, 2.24) is 10.2 Å². The van der Waals surface area contributed by atoms with Gasteiger partial charge < -0.3 is 11.1 Å². The summed E-state index contributed by atoms with van der Waals surface area (Å²) in [4.78, 5) is 13.6. The number of carbonyl (C=O) groups excluding carboxylic acids is 1. The Bertz CT molecular complexity index is 290. The van der Waals surface area contributed by atoms with Crippen LogP contribution in [0, 0.1) is 17.8 Å². The molecule has 0 saturated carbocycles. The van der Waals surface area contributed by atoms with Gasteiger partial charge in [-0.15, -0.1) is 0 Å². The molecule has 0 bridgehead atoms. The van der Waals surface area contributed by atoms with E-state index in [1.54, 1.807) is 0 Å². The minimum absolute atomic E-state index is 0.0499. The monoisotopic (exact) mass is 225 g/mol. The maximum Gasteiger partial charge on any atom is 0.221 e. The molecule has 16 heavy (non-hydrogen) atoms. The van der Waals surface area contributed by atoms with Gasteiger partial charge in [-0.25, -0.2) is 0 Å². The number of nitrogens with two attached hydrogens (primary N) is 1. The number of likely N-dealkylation sites (tertiary alicyclic amines) is 1. The summed E-state index contributed by atoms with van der Waals surface area (Å²) in [5.74, 6) is 1.22. The number of amides is 1. The molecule has 3 N–H and O–H groups in total. The molecule has 4 heteroatoms. The highest BCUT2D eigenvalue weighted by molar-refractivity contribution is 5.76. The standard InChI is InChI=1S/C12H23N3O/c1-8(11(13)16)6-15-7-9-4-14-5-10(9)12(15,2)3/h8-10,14H,4-7H2,1-3H3,(H2,13,16). The summed E-state index contributed by atoms with van der Waals surface area (Å²) in [7, 11) is 0. The van der Waals surface area contributed by atoms with Crippen molar-refractivity contribution in [3.63, 3.8) is 0 Å². The SMILES string of the molecule is CC(CN1CC2CNCC2C1(C)C)C(N)=O. The van der Waals surface area contributed by atoms with E-state index in [0.29, 0.717) is 5.92 Å². The first-order valence-electron chi connectivity index (χ1n) is 6.18. The minimum atomic E-state index is -0.189. The van der Waals surface area contributed by atoms with E-state index < -0.39 is 0 Å². The number of nitrogens with one attached hydrogen (secondary N) is 1. The average molecular weight is 225 g/mol. The molecule has 0 aromatic rings. The number of primary amides is 1. The Balaban J connectivity index is 2.04. The minimum Gasteiger partial charge on any atom is -0.369 e. The molecule has 2 saturated heterocycles. The van der Waals surface area contributed by atoms with Crippen molar-refractivity contribution in [3.05, 3.63) is 0 Å². The molecule has 2 aliphatic rings. The third kappa shape index (κ3) is 1.84. The van der Waals surface area contributed by atoms with E-state index in [1.807, 2.05) is 6.92 Å². The number of nitrogens with zero attached hydrogens (tertiary/aromatic N) is 1. The lowest BCUT2D eigenvalue weighted by Crippen LogP contribution is -2.47. The second kappa shape index (κ2) is 4.00. The molecule has 2 heterocycles. The van der Waals surface area contributed by atoms with Crippen molar-refractivity contribution in [2.75, 3.05) is 26.2 Å². The van der Waals surface area contributed by atoms with Crippen molar-refractivity contribution in [3.8, 4) is 0 Å². The fourth-order valence-corrected chi connectivity index (χ4v) is 3.23. The molecule has 2 rings (SSSR count). The van der Waals surface area contributed by atoms with E-state index >= 15 is 0 Å². The average Bonchev–Trinajstić information content (AvgIpc) is 2.71. The predicted molar refractivity (Wildman–Crippen MR) is 63.9 cm³/mol. The van der Waals surface area contributed by atoms with Crippen molar-refractivity contribution in [2.24, 2.45) is 23.5 Å². The van der Waals surface area contributed by atoms with Crippen LogP contribution in [0.3, 0.4) is 0 Å². The second-order valence-electron chi connectivity index (χ2n) is 5.89. The maximum atomic E-state index is 11.1. The number of carbonyl (C=O) groups is 1. The van der Waals surface area contributed by atoms with Crippen molar-refractivity contribution in [1.29, 1.82) is 0 Å². The van der Waals surface area contributed by atoms with Crippen molar-refractivity contribution in [2.45, 2.75) is 26.3 Å². The van der Waals surface area contributed by atoms with Gasteiger partial charge in [-0.1, -0.05) is 6.92 Å². The first-order valence-corrected chi connectivity index (χ1v) is 6.18. The lowest BCUT2D eigenvalue weighted by Gasteiger charge is -2.36. The van der Waals surface area contributed by atoms with Gasteiger partial charge in [0.1, 0.15) is 0 Å². The van der Waals surface area contributed by atoms with Crippen molar-refractivity contribution < 1.29 is 4.79 Å². The fraction of sp³-hybridized carbons (Fsp3) is 0.917. The van der Waals surface area contributed by atoms with Crippen LogP contribution in [0.1, 0.15) is 20.8 Å². The zero-order valence-corrected chi connectivity index (χ0v) is 10.5. The Kier molecular flexibility index (Phi) is 2.97. The van der Waals surface area contributed by atoms with Crippen LogP contribution in [0.2, 0.25) is 0 Å². The summed E-state index contributed by atoms with van der Waals surface area (Å²) in [6.07, 6.45) is 0. The predicted octanol–water partition coefficient (Wildman–Crippen LogP) is 0.0376. The molecule has 92 valence electrons. The number of hydrogen-bond donors (Lipinski definition) is 2. The van der Waals surface area contributed by atoms with Crippen LogP contribution in [-0.4, -0.2) is 42.5 Å². The molecule has 0 spiro atoms. The molecule has 2 fully saturated rings. The smallest absolute Gasteiger partial charge is 0.221 e. The van der Waals surface area contributed by atoms with E-state index in [0.717, 1.165) is 32.1 Å². The van der Waals surface area contributed by atoms with Crippen LogP contribution >= 0.6 is 0 Å². The molecule has 3 unspecified atom stereocenters. The van der Waals surface area contributed by atoms with E-state index in [-0.39, 0.29) is 17.4 Å². The maximum absolute atomic E-state index is 11.1. The quantitative estimate of drug-likeness (QED) is 0.713. The molecule has 0 aromatic heterocycles. The van der Waals surface area contributed by atoms with E-state index in [1.165, 1.54) is 0 Å². The zero-order valence-electron chi connectivity index (χ0n) is 10.5. The molecule has 0 aromatic carbocycles. The summed E-state index contributed by atoms with van der Waals surface area (Å²) in [6, 6.07) is 0. The first kappa shape index (κ1) is 11.9. The molecular formula is C12H23N3O. The van der Waals surface area contributed by atoms with Crippen LogP contribution in [0.4, 0.5) is 0 Å². The van der Waals surface area contributed by atoms with Gasteiger partial charge >= 0.3 is 0 Å². The molecule has 1 amide bonds. The summed E-state index contributed by atoms with van der Waals surface area (Å²) < 4.78 is 0. The normalized spacial score (nSPS) is 34.9. The Morgan fingerprint density at radius 3 is 2.81 bits per heavy atom. The van der Waals surface area contributed by atoms with Gasteiger partial charge in [0.15, 0.2) is 0 Å².